The van der Waals surface area contributed by atoms with Gasteiger partial charge in [0.15, 0.2) is 11.5 Å². The molecule has 0 bridgehead atoms. The number of methoxy groups -OCH3 is 2. The van der Waals surface area contributed by atoms with Crippen molar-refractivity contribution in [2.24, 2.45) is 13.0 Å². The van der Waals surface area contributed by atoms with Crippen molar-refractivity contribution in [3.05, 3.63) is 58.7 Å². The Morgan fingerprint density at radius 1 is 0.979 bits per heavy atom. The Kier molecular flexibility index (Phi) is 10.5. The zero-order valence-corrected chi connectivity index (χ0v) is 28.4. The third-order valence-corrected chi connectivity index (χ3v) is 10.4. The van der Waals surface area contributed by atoms with Gasteiger partial charge in [0.1, 0.15) is 0 Å². The van der Waals surface area contributed by atoms with Crippen molar-refractivity contribution in [1.29, 1.82) is 0 Å². The maximum Gasteiger partial charge on any atom is 0.306 e. The van der Waals surface area contributed by atoms with Crippen LogP contribution in [0.4, 0.5) is 5.69 Å². The monoisotopic (exact) mass is 681 g/mol. The predicted octanol–water partition coefficient (Wildman–Crippen LogP) is 4.35. The quantitative estimate of drug-likeness (QED) is 0.284. The highest BCUT2D eigenvalue weighted by Gasteiger charge is 2.56. The Hall–Kier alpha value is -3.39. The van der Waals surface area contributed by atoms with Crippen molar-refractivity contribution in [3.63, 3.8) is 0 Å². The molecule has 1 saturated carbocycles. The Bertz CT molecular complexity index is 1640. The van der Waals surface area contributed by atoms with Gasteiger partial charge in [0, 0.05) is 59.3 Å². The molecule has 3 heterocycles. The second-order valence-electron chi connectivity index (χ2n) is 13.0. The van der Waals surface area contributed by atoms with Gasteiger partial charge in [-0.1, -0.05) is 35.9 Å². The number of nitrogens with one attached hydrogen (secondary N) is 1. The minimum absolute atomic E-state index is 0.0333. The average Bonchev–Trinajstić information content (AvgIpc) is 3.85. The van der Waals surface area contributed by atoms with Crippen LogP contribution >= 0.6 is 11.6 Å². The second kappa shape index (κ2) is 14.6. The summed E-state index contributed by atoms with van der Waals surface area (Å²) in [5, 5.41) is 17.9. The Morgan fingerprint density at radius 3 is 2.27 bits per heavy atom. The zero-order valence-electron chi connectivity index (χ0n) is 27.7. The van der Waals surface area contributed by atoms with Gasteiger partial charge in [0.2, 0.25) is 5.85 Å². The van der Waals surface area contributed by atoms with Crippen LogP contribution in [0.25, 0.3) is 10.9 Å². The number of ketones is 1. The van der Waals surface area contributed by atoms with Crippen LogP contribution in [-0.4, -0.2) is 107 Å². The number of rotatable bonds is 12. The minimum atomic E-state index is -1.39. The largest absolute Gasteiger partial charge is 0.481 e. The van der Waals surface area contributed by atoms with Crippen molar-refractivity contribution in [2.45, 2.75) is 69.1 Å². The van der Waals surface area contributed by atoms with E-state index in [2.05, 4.69) is 20.2 Å². The van der Waals surface area contributed by atoms with E-state index in [4.69, 9.17) is 25.8 Å². The number of carboxylic acids is 1. The number of benzene rings is 2. The summed E-state index contributed by atoms with van der Waals surface area (Å²) in [7, 11) is 5.08. The number of nitrogens with zero attached hydrogens (tertiary/aromatic N) is 4. The van der Waals surface area contributed by atoms with Gasteiger partial charge in [-0.25, -0.2) is 0 Å². The SMILES string of the molecule is CO[C@H]1CN(C(OC2CCC(C(=O)O)CC2)(C(=O)Cc2ccc(NC(=O)c3nn(C)c4ccccc34)c(Cl)c2)N2CCCC2)C[C@@H]1OC. The van der Waals surface area contributed by atoms with Crippen LogP contribution in [0.3, 0.4) is 0 Å². The number of aliphatic carboxylic acids is 1. The maximum atomic E-state index is 14.8. The first-order chi connectivity index (χ1) is 23.1. The molecule has 6 rings (SSSR count). The lowest BCUT2D eigenvalue weighted by molar-refractivity contribution is -0.253. The molecular weight excluding hydrogens is 638 g/mol. The lowest BCUT2D eigenvalue weighted by atomic mass is 9.87. The summed E-state index contributed by atoms with van der Waals surface area (Å²) in [6.45, 7) is 2.26. The van der Waals surface area contributed by atoms with Gasteiger partial charge in [-0.3, -0.25) is 28.9 Å². The fraction of sp³-hybridized carbons (Fsp3) is 0.543. The molecule has 3 fully saturated rings. The van der Waals surface area contributed by atoms with E-state index in [0.717, 1.165) is 23.7 Å². The highest BCUT2D eigenvalue weighted by Crippen LogP contribution is 2.38. The number of anilines is 1. The van der Waals surface area contributed by atoms with Crippen molar-refractivity contribution >= 4 is 45.9 Å². The smallest absolute Gasteiger partial charge is 0.306 e. The van der Waals surface area contributed by atoms with E-state index in [1.165, 1.54) is 0 Å². The average molecular weight is 682 g/mol. The van der Waals surface area contributed by atoms with E-state index in [9.17, 15) is 19.5 Å². The van der Waals surface area contributed by atoms with E-state index >= 15 is 0 Å². The molecular formula is C35H44ClN5O7. The van der Waals surface area contributed by atoms with Crippen LogP contribution < -0.4 is 5.32 Å². The van der Waals surface area contributed by atoms with Gasteiger partial charge in [-0.2, -0.15) is 5.10 Å². The molecule has 13 heteroatoms. The number of aryl methyl sites for hydroxylation is 1. The van der Waals surface area contributed by atoms with E-state index in [1.54, 1.807) is 44.1 Å². The van der Waals surface area contributed by atoms with Crippen LogP contribution in [0, 0.1) is 5.92 Å². The van der Waals surface area contributed by atoms with E-state index in [0.29, 0.717) is 73.8 Å². The number of carboxylic acid groups (broad SMARTS) is 1. The van der Waals surface area contributed by atoms with Gasteiger partial charge < -0.3 is 24.6 Å². The zero-order chi connectivity index (χ0) is 34.0. The number of hydrogen-bond donors (Lipinski definition) is 2. The van der Waals surface area contributed by atoms with Gasteiger partial charge in [0.05, 0.1) is 40.5 Å². The number of likely N-dealkylation sites (tertiary alicyclic amines) is 2. The number of halogens is 1. The van der Waals surface area contributed by atoms with Crippen LogP contribution in [-0.2, 0) is 37.3 Å². The standard InChI is InChI=1S/C35H44ClN5O7/c1-39-28-9-5-4-8-25(28)32(38-39)33(43)37-27-15-10-22(18-26(27)36)19-31(42)35(40-16-6-7-17-40,41-20-29(46-2)30(21-41)47-3)48-24-13-11-23(12-14-24)34(44)45/h4-5,8-10,15,18,23-24,29-30H,6-7,11-14,16-17,19-21H2,1-3H3,(H,37,43)(H,44,45)/t23?,24?,29-,30-,35?/m0/s1. The summed E-state index contributed by atoms with van der Waals surface area (Å²) in [4.78, 5) is 43.9. The third kappa shape index (κ3) is 6.74. The van der Waals surface area contributed by atoms with E-state index in [1.807, 2.05) is 24.3 Å². The second-order valence-corrected chi connectivity index (χ2v) is 13.5. The third-order valence-electron chi connectivity index (χ3n) is 10.1. The van der Waals surface area contributed by atoms with Crippen LogP contribution in [0.5, 0.6) is 0 Å². The van der Waals surface area contributed by atoms with Crippen molar-refractivity contribution in [3.8, 4) is 0 Å². The normalized spacial score (nSPS) is 24.9. The molecule has 3 atom stereocenters. The molecule has 3 aliphatic rings. The predicted molar refractivity (Wildman–Crippen MR) is 180 cm³/mol. The summed E-state index contributed by atoms with van der Waals surface area (Å²) in [5.41, 5.74) is 2.23. The Morgan fingerprint density at radius 2 is 1.65 bits per heavy atom. The van der Waals surface area contributed by atoms with Gasteiger partial charge in [-0.15, -0.1) is 0 Å². The molecule has 1 aliphatic carbocycles. The van der Waals surface area contributed by atoms with Crippen molar-refractivity contribution in [2.75, 3.05) is 45.7 Å². The topological polar surface area (TPSA) is 135 Å². The van der Waals surface area contributed by atoms with Gasteiger partial charge in [0.25, 0.3) is 5.91 Å². The molecule has 258 valence electrons. The van der Waals surface area contributed by atoms with E-state index < -0.39 is 17.7 Å². The minimum Gasteiger partial charge on any atom is -0.481 e. The molecule has 1 amide bonds. The van der Waals surface area contributed by atoms with Crippen LogP contribution in [0.15, 0.2) is 42.5 Å². The summed E-state index contributed by atoms with van der Waals surface area (Å²) in [5.74, 6) is -3.09. The molecule has 0 radical (unpaired) electrons. The number of ether oxygens (including phenoxy) is 3. The summed E-state index contributed by atoms with van der Waals surface area (Å²) in [6, 6.07) is 12.7. The number of hydrogen-bond acceptors (Lipinski definition) is 9. The first-order valence-electron chi connectivity index (χ1n) is 16.7. The fourth-order valence-electron chi connectivity index (χ4n) is 7.53. The number of aromatic nitrogens is 2. The number of Topliss-reactive ketones (excluding diaryl/α,β-unsaturated/α-hetero) is 1. The summed E-state index contributed by atoms with van der Waals surface area (Å²) < 4.78 is 20.2. The highest BCUT2D eigenvalue weighted by atomic mass is 35.5. The molecule has 0 spiro atoms. The highest BCUT2D eigenvalue weighted by molar-refractivity contribution is 6.34. The molecule has 48 heavy (non-hydrogen) atoms. The maximum absolute atomic E-state index is 14.8. The van der Waals surface area contributed by atoms with Gasteiger partial charge >= 0.3 is 5.97 Å². The number of fused-ring (bicyclic) bond motifs is 1. The number of amides is 1. The number of para-hydroxylation sites is 1. The molecule has 3 aromatic rings. The molecule has 1 unspecified atom stereocenters. The van der Waals surface area contributed by atoms with Crippen molar-refractivity contribution in [1.82, 2.24) is 19.6 Å². The molecule has 2 aliphatic heterocycles. The van der Waals surface area contributed by atoms with Crippen molar-refractivity contribution < 1.29 is 33.7 Å². The van der Waals surface area contributed by atoms with Crippen LogP contribution in [0.2, 0.25) is 5.02 Å². The molecule has 2 aromatic carbocycles. The van der Waals surface area contributed by atoms with Crippen LogP contribution in [0.1, 0.15) is 54.6 Å². The molecule has 1 aromatic heterocycles. The molecule has 2 saturated heterocycles. The first kappa shape index (κ1) is 34.5. The summed E-state index contributed by atoms with van der Waals surface area (Å²) >= 11 is 6.72. The molecule has 12 nitrogen and oxygen atoms in total. The lowest BCUT2D eigenvalue weighted by Crippen LogP contribution is -2.67. The van der Waals surface area contributed by atoms with Gasteiger partial charge in [-0.05, 0) is 62.3 Å². The number of carbonyl (C=O) groups excluding carboxylic acids is 2. The fourth-order valence-corrected chi connectivity index (χ4v) is 7.78. The summed E-state index contributed by atoms with van der Waals surface area (Å²) in [6.07, 6.45) is 3.25. The van der Waals surface area contributed by atoms with E-state index in [-0.39, 0.29) is 36.4 Å². The number of carbonyl (C=O) groups is 3. The first-order valence-corrected chi connectivity index (χ1v) is 17.0. The molecule has 2 N–H and O–H groups in total. The lowest BCUT2D eigenvalue weighted by Gasteiger charge is -2.48. The Labute approximate surface area is 285 Å². The Balaban J connectivity index is 1.26.